The van der Waals surface area contributed by atoms with Crippen molar-refractivity contribution in [2.24, 2.45) is 0 Å². The van der Waals surface area contributed by atoms with Gasteiger partial charge in [0, 0.05) is 0 Å². The second-order valence-corrected chi connectivity index (χ2v) is 3.16. The third-order valence-corrected chi connectivity index (χ3v) is 2.29. The fraction of sp³-hybridized carbons (Fsp3) is 0. The van der Waals surface area contributed by atoms with Crippen LogP contribution in [0, 0.1) is 0 Å². The molecular formula is C6H6NY. The van der Waals surface area contributed by atoms with Gasteiger partial charge in [0.05, 0.1) is 0 Å². The minimum absolute atomic E-state index is 0.926. The Hall–Kier alpha value is 0.124. The Morgan fingerprint density at radius 3 is 2.25 bits per heavy atom. The molecule has 0 aliphatic heterocycles. The summed E-state index contributed by atoms with van der Waals surface area (Å²) in [5.41, 5.74) is 6.48. The van der Waals surface area contributed by atoms with Crippen LogP contribution in [-0.2, 0) is 31.0 Å². The predicted molar refractivity (Wildman–Crippen MR) is 30.5 cm³/mol. The van der Waals surface area contributed by atoms with Crippen molar-refractivity contribution in [1.82, 2.24) is 0 Å². The fourth-order valence-electron chi connectivity index (χ4n) is 0.511. The Balaban J connectivity index is 3.13. The summed E-state index contributed by atoms with van der Waals surface area (Å²) in [6, 6.07) is 7.95. The molecule has 0 spiro atoms. The summed E-state index contributed by atoms with van der Waals surface area (Å²) in [6.07, 6.45) is 0. The SMILES string of the molecule is Nc1cccc[c]1[Y]. The first-order valence-corrected chi connectivity index (χ1v) is 3.82. The molecule has 0 heterocycles. The summed E-state index contributed by atoms with van der Waals surface area (Å²) in [6.45, 7) is 0. The second kappa shape index (κ2) is 2.61. The molecule has 1 nitrogen and oxygen atoms in total. The molecular weight excluding hydrogens is 175 g/mol. The number of hydrogen-bond acceptors (Lipinski definition) is 1. The van der Waals surface area contributed by atoms with E-state index in [4.69, 9.17) is 5.73 Å². The van der Waals surface area contributed by atoms with Gasteiger partial charge in [-0.25, -0.2) is 0 Å². The van der Waals surface area contributed by atoms with Crippen LogP contribution in [0.2, 0.25) is 0 Å². The predicted octanol–water partition coefficient (Wildman–Crippen LogP) is 0.441. The van der Waals surface area contributed by atoms with Crippen molar-refractivity contribution in [3.63, 3.8) is 0 Å². The van der Waals surface area contributed by atoms with Gasteiger partial charge in [-0.2, -0.15) is 0 Å². The topological polar surface area (TPSA) is 26.0 Å². The fourth-order valence-corrected chi connectivity index (χ4v) is 1.02. The van der Waals surface area contributed by atoms with E-state index in [0.29, 0.717) is 0 Å². The van der Waals surface area contributed by atoms with E-state index in [-0.39, 0.29) is 0 Å². The average Bonchev–Trinajstić information content (AvgIpc) is 1.77. The number of benzene rings is 1. The number of nitrogen functional groups attached to an aromatic ring is 1. The van der Waals surface area contributed by atoms with Crippen molar-refractivity contribution in [2.45, 2.75) is 0 Å². The summed E-state index contributed by atoms with van der Waals surface area (Å²) >= 11 is 1.11. The van der Waals surface area contributed by atoms with E-state index in [0.717, 1.165) is 36.6 Å². The molecule has 0 radical (unpaired) electrons. The van der Waals surface area contributed by atoms with Gasteiger partial charge in [-0.05, 0) is 0 Å². The van der Waals surface area contributed by atoms with Crippen LogP contribution in [0.25, 0.3) is 0 Å². The molecule has 0 aliphatic carbocycles. The standard InChI is InChI=1S/C6H6N.Y/c7-6-4-2-1-3-5-6;/h1-4H,7H2;. The number of nitrogens with two attached hydrogens (primary N) is 1. The minimum atomic E-state index is 0.926. The van der Waals surface area contributed by atoms with Crippen LogP contribution in [0.15, 0.2) is 24.3 Å². The Morgan fingerprint density at radius 1 is 1.25 bits per heavy atom. The molecule has 1 aromatic carbocycles. The molecule has 38 valence electrons. The molecule has 0 fully saturated rings. The maximum absolute atomic E-state index is 5.55. The van der Waals surface area contributed by atoms with Gasteiger partial charge in [0.15, 0.2) is 0 Å². The van der Waals surface area contributed by atoms with Crippen LogP contribution in [-0.4, -0.2) is 0 Å². The molecule has 0 aliphatic rings. The van der Waals surface area contributed by atoms with Crippen molar-refractivity contribution < 1.29 is 31.0 Å². The molecule has 0 saturated heterocycles. The summed E-state index contributed by atoms with van der Waals surface area (Å²) < 4.78 is 1.28. The molecule has 8 heavy (non-hydrogen) atoms. The zero-order chi connectivity index (χ0) is 5.98. The molecule has 0 aromatic heterocycles. The van der Waals surface area contributed by atoms with E-state index >= 15 is 0 Å². The normalized spacial score (nSPS) is 8.88. The third kappa shape index (κ3) is 1.30. The van der Waals surface area contributed by atoms with Crippen LogP contribution >= 0.6 is 0 Å². The van der Waals surface area contributed by atoms with Crippen LogP contribution < -0.4 is 8.11 Å². The molecule has 0 unspecified atom stereocenters. The molecule has 1 aromatic rings. The van der Waals surface area contributed by atoms with Gasteiger partial charge in [-0.1, -0.05) is 0 Å². The monoisotopic (exact) mass is 181 g/mol. The summed E-state index contributed by atoms with van der Waals surface area (Å²) in [4.78, 5) is 0. The van der Waals surface area contributed by atoms with Crippen molar-refractivity contribution in [3.8, 4) is 0 Å². The van der Waals surface area contributed by atoms with Crippen LogP contribution in [0.5, 0.6) is 0 Å². The Kier molecular flexibility index (Phi) is 2.04. The molecule has 0 bridgehead atoms. The maximum atomic E-state index is 5.55. The third-order valence-electron chi connectivity index (χ3n) is 0.996. The first-order chi connectivity index (χ1) is 3.80. The van der Waals surface area contributed by atoms with Gasteiger partial charge in [0.2, 0.25) is 0 Å². The van der Waals surface area contributed by atoms with E-state index in [9.17, 15) is 0 Å². The molecule has 0 saturated carbocycles. The molecule has 2 heteroatoms. The molecule has 2 N–H and O–H groups in total. The Bertz CT molecular complexity index is 165. The molecule has 1 rings (SSSR count). The Morgan fingerprint density at radius 2 is 1.88 bits per heavy atom. The van der Waals surface area contributed by atoms with Gasteiger partial charge < -0.3 is 0 Å². The van der Waals surface area contributed by atoms with Crippen molar-refractivity contribution in [3.05, 3.63) is 24.3 Å². The van der Waals surface area contributed by atoms with Gasteiger partial charge in [0.1, 0.15) is 0 Å². The number of anilines is 1. The number of rotatable bonds is 0. The summed E-state index contributed by atoms with van der Waals surface area (Å²) in [5, 5.41) is 0. The summed E-state index contributed by atoms with van der Waals surface area (Å²) in [7, 11) is 0. The zero-order valence-electron chi connectivity index (χ0n) is 4.46. The molecule has 0 atom stereocenters. The Labute approximate surface area is 68.7 Å². The molecule has 0 amide bonds. The van der Waals surface area contributed by atoms with Gasteiger partial charge in [-0.3, -0.25) is 0 Å². The first-order valence-electron chi connectivity index (χ1n) is 2.40. The van der Waals surface area contributed by atoms with Gasteiger partial charge in [0.25, 0.3) is 0 Å². The van der Waals surface area contributed by atoms with Crippen LogP contribution in [0.4, 0.5) is 5.69 Å². The van der Waals surface area contributed by atoms with E-state index in [1.807, 2.05) is 18.2 Å². The first kappa shape index (κ1) is 6.25. The number of hydrogen-bond donors (Lipinski definition) is 1. The van der Waals surface area contributed by atoms with Crippen LogP contribution in [0.3, 0.4) is 0 Å². The van der Waals surface area contributed by atoms with E-state index in [2.05, 4.69) is 6.07 Å². The van der Waals surface area contributed by atoms with Gasteiger partial charge >= 0.3 is 69.0 Å². The number of para-hydroxylation sites is 1. The van der Waals surface area contributed by atoms with E-state index in [1.54, 1.807) is 0 Å². The van der Waals surface area contributed by atoms with Crippen molar-refractivity contribution in [1.29, 1.82) is 0 Å². The van der Waals surface area contributed by atoms with Crippen molar-refractivity contribution >= 4 is 8.06 Å². The van der Waals surface area contributed by atoms with Crippen molar-refractivity contribution in [2.75, 3.05) is 5.73 Å². The van der Waals surface area contributed by atoms with E-state index < -0.39 is 0 Å². The van der Waals surface area contributed by atoms with E-state index in [1.165, 1.54) is 2.37 Å². The second-order valence-electron chi connectivity index (χ2n) is 1.63. The zero-order valence-corrected chi connectivity index (χ0v) is 7.30. The van der Waals surface area contributed by atoms with Crippen LogP contribution in [0.1, 0.15) is 0 Å². The summed E-state index contributed by atoms with van der Waals surface area (Å²) in [5.74, 6) is 0. The van der Waals surface area contributed by atoms with Gasteiger partial charge in [-0.15, -0.1) is 0 Å². The quantitative estimate of drug-likeness (QED) is 0.577. The average molecular weight is 181 g/mol.